The fourth-order valence-electron chi connectivity index (χ4n) is 3.14. The van der Waals surface area contributed by atoms with E-state index in [1.165, 1.54) is 18.2 Å². The van der Waals surface area contributed by atoms with Crippen molar-refractivity contribution in [1.82, 2.24) is 0 Å². The zero-order valence-electron chi connectivity index (χ0n) is 14.2. The molecular formula is C20H14O7. The van der Waals surface area contributed by atoms with Crippen molar-refractivity contribution in [3.8, 4) is 17.1 Å². The quantitative estimate of drug-likeness (QED) is 0.708. The Morgan fingerprint density at radius 3 is 2.52 bits per heavy atom. The zero-order valence-corrected chi connectivity index (χ0v) is 14.2. The second-order valence-electron chi connectivity index (χ2n) is 6.24. The standard InChI is InChI=1S/C20H14O7/c1-10-8-16-18(20(24)25-10)13(9-17(21)27-16)15-7-6-14(26-15)11-2-4-12(5-3-11)19(22)23/h2-8,13H,9H2,1H3,(H,22,23)/t13-/m0/s1. The van der Waals surface area contributed by atoms with Crippen molar-refractivity contribution in [2.24, 2.45) is 0 Å². The molecule has 1 aliphatic heterocycles. The first-order valence-electron chi connectivity index (χ1n) is 8.21. The first kappa shape index (κ1) is 16.8. The van der Waals surface area contributed by atoms with Gasteiger partial charge in [-0.3, -0.25) is 4.79 Å². The van der Waals surface area contributed by atoms with Gasteiger partial charge in [0.1, 0.15) is 23.0 Å². The van der Waals surface area contributed by atoms with E-state index in [1.54, 1.807) is 31.2 Å². The highest BCUT2D eigenvalue weighted by Crippen LogP contribution is 2.38. The first-order chi connectivity index (χ1) is 12.9. The number of aryl methyl sites for hydroxylation is 1. The molecule has 3 heterocycles. The summed E-state index contributed by atoms with van der Waals surface area (Å²) in [5.41, 5.74) is 0.539. The van der Waals surface area contributed by atoms with Crippen LogP contribution in [0.25, 0.3) is 11.3 Å². The van der Waals surface area contributed by atoms with Gasteiger partial charge in [-0.2, -0.15) is 0 Å². The molecule has 136 valence electrons. The van der Waals surface area contributed by atoms with Crippen LogP contribution in [0.5, 0.6) is 5.75 Å². The molecule has 7 heteroatoms. The van der Waals surface area contributed by atoms with Crippen LogP contribution in [0.3, 0.4) is 0 Å². The lowest BCUT2D eigenvalue weighted by molar-refractivity contribution is -0.135. The van der Waals surface area contributed by atoms with Crippen LogP contribution in [0.4, 0.5) is 0 Å². The Morgan fingerprint density at radius 2 is 1.81 bits per heavy atom. The van der Waals surface area contributed by atoms with Crippen LogP contribution in [0.15, 0.2) is 56.1 Å². The molecule has 7 nitrogen and oxygen atoms in total. The normalized spacial score (nSPS) is 15.9. The summed E-state index contributed by atoms with van der Waals surface area (Å²) in [6.45, 7) is 1.60. The maximum absolute atomic E-state index is 12.3. The van der Waals surface area contributed by atoms with E-state index in [1.807, 2.05) is 0 Å². The molecule has 0 saturated carbocycles. The molecule has 0 fully saturated rings. The summed E-state index contributed by atoms with van der Waals surface area (Å²) in [7, 11) is 0. The average Bonchev–Trinajstić information content (AvgIpc) is 3.10. The van der Waals surface area contributed by atoms with Crippen molar-refractivity contribution in [3.63, 3.8) is 0 Å². The third-order valence-electron chi connectivity index (χ3n) is 4.40. The maximum atomic E-state index is 12.3. The molecule has 1 aromatic carbocycles. The lowest BCUT2D eigenvalue weighted by Crippen LogP contribution is -2.26. The van der Waals surface area contributed by atoms with Crippen molar-refractivity contribution in [1.29, 1.82) is 0 Å². The Kier molecular flexibility index (Phi) is 3.92. The van der Waals surface area contributed by atoms with Crippen molar-refractivity contribution in [3.05, 3.63) is 75.5 Å². The Balaban J connectivity index is 1.73. The number of carboxylic acid groups (broad SMARTS) is 1. The number of carbonyl (C=O) groups excluding carboxylic acids is 1. The van der Waals surface area contributed by atoms with E-state index in [2.05, 4.69) is 0 Å². The van der Waals surface area contributed by atoms with Crippen LogP contribution in [0, 0.1) is 6.92 Å². The predicted molar refractivity (Wildman–Crippen MR) is 92.9 cm³/mol. The second-order valence-corrected chi connectivity index (χ2v) is 6.24. The molecule has 0 spiro atoms. The molecule has 1 atom stereocenters. The Labute approximate surface area is 152 Å². The summed E-state index contributed by atoms with van der Waals surface area (Å²) < 4.78 is 16.2. The number of esters is 1. The summed E-state index contributed by atoms with van der Waals surface area (Å²) >= 11 is 0. The Bertz CT molecular complexity index is 1100. The number of fused-ring (bicyclic) bond motifs is 1. The fourth-order valence-corrected chi connectivity index (χ4v) is 3.14. The molecule has 0 unspecified atom stereocenters. The molecule has 0 bridgehead atoms. The molecule has 0 saturated heterocycles. The van der Waals surface area contributed by atoms with Gasteiger partial charge in [0.25, 0.3) is 0 Å². The summed E-state index contributed by atoms with van der Waals surface area (Å²) in [6, 6.07) is 11.1. The number of rotatable bonds is 3. The van der Waals surface area contributed by atoms with E-state index in [9.17, 15) is 14.4 Å². The number of carboxylic acids is 1. The number of furan rings is 1. The molecule has 2 aromatic heterocycles. The third kappa shape index (κ3) is 3.03. The van der Waals surface area contributed by atoms with Gasteiger partial charge in [-0.05, 0) is 31.2 Å². The number of hydrogen-bond donors (Lipinski definition) is 1. The third-order valence-corrected chi connectivity index (χ3v) is 4.40. The van der Waals surface area contributed by atoms with Crippen LogP contribution < -0.4 is 10.4 Å². The van der Waals surface area contributed by atoms with Gasteiger partial charge in [0.15, 0.2) is 0 Å². The van der Waals surface area contributed by atoms with Crippen LogP contribution in [0.1, 0.15) is 39.8 Å². The van der Waals surface area contributed by atoms with Crippen LogP contribution >= 0.6 is 0 Å². The second kappa shape index (κ2) is 6.28. The van der Waals surface area contributed by atoms with E-state index in [-0.39, 0.29) is 23.3 Å². The summed E-state index contributed by atoms with van der Waals surface area (Å²) in [6.07, 6.45) is -0.0360. The smallest absolute Gasteiger partial charge is 0.343 e. The van der Waals surface area contributed by atoms with Gasteiger partial charge in [-0.1, -0.05) is 12.1 Å². The van der Waals surface area contributed by atoms with E-state index < -0.39 is 23.5 Å². The Morgan fingerprint density at radius 1 is 1.07 bits per heavy atom. The fraction of sp³-hybridized carbons (Fsp3) is 0.150. The largest absolute Gasteiger partial charge is 0.478 e. The zero-order chi connectivity index (χ0) is 19.1. The monoisotopic (exact) mass is 366 g/mol. The van der Waals surface area contributed by atoms with Gasteiger partial charge >= 0.3 is 17.6 Å². The highest BCUT2D eigenvalue weighted by Gasteiger charge is 2.34. The van der Waals surface area contributed by atoms with Gasteiger partial charge in [-0.25, -0.2) is 9.59 Å². The summed E-state index contributed by atoms with van der Waals surface area (Å²) in [5, 5.41) is 8.98. The Hall–Kier alpha value is -3.61. The number of carbonyl (C=O) groups is 2. The maximum Gasteiger partial charge on any atom is 0.343 e. The number of benzene rings is 1. The van der Waals surface area contributed by atoms with E-state index >= 15 is 0 Å². The van der Waals surface area contributed by atoms with Crippen molar-refractivity contribution in [2.75, 3.05) is 0 Å². The SMILES string of the molecule is Cc1cc2c(c(=O)o1)[C@H](c1ccc(-c3ccc(C(=O)O)cc3)o1)CC(=O)O2. The summed E-state index contributed by atoms with van der Waals surface area (Å²) in [5.74, 6) is -0.604. The van der Waals surface area contributed by atoms with Crippen molar-refractivity contribution < 1.29 is 28.3 Å². The molecule has 0 amide bonds. The van der Waals surface area contributed by atoms with Crippen molar-refractivity contribution >= 4 is 11.9 Å². The first-order valence-corrected chi connectivity index (χ1v) is 8.21. The predicted octanol–water partition coefficient (Wildman–Crippen LogP) is 3.35. The van der Waals surface area contributed by atoms with E-state index in [0.29, 0.717) is 22.8 Å². The molecule has 27 heavy (non-hydrogen) atoms. The summed E-state index contributed by atoms with van der Waals surface area (Å²) in [4.78, 5) is 35.2. The molecule has 1 aliphatic rings. The molecule has 4 rings (SSSR count). The average molecular weight is 366 g/mol. The minimum Gasteiger partial charge on any atom is -0.478 e. The van der Waals surface area contributed by atoms with E-state index in [0.717, 1.165) is 0 Å². The highest BCUT2D eigenvalue weighted by atomic mass is 16.5. The lowest BCUT2D eigenvalue weighted by Gasteiger charge is -2.21. The number of ether oxygens (including phenoxy) is 1. The van der Waals surface area contributed by atoms with Gasteiger partial charge < -0.3 is 18.7 Å². The van der Waals surface area contributed by atoms with Crippen LogP contribution in [-0.4, -0.2) is 17.0 Å². The topological polar surface area (TPSA) is 107 Å². The van der Waals surface area contributed by atoms with Crippen LogP contribution in [-0.2, 0) is 4.79 Å². The van der Waals surface area contributed by atoms with Gasteiger partial charge in [0, 0.05) is 11.6 Å². The molecule has 0 aliphatic carbocycles. The van der Waals surface area contributed by atoms with Gasteiger partial charge in [0.2, 0.25) is 0 Å². The van der Waals surface area contributed by atoms with Crippen molar-refractivity contribution in [2.45, 2.75) is 19.3 Å². The van der Waals surface area contributed by atoms with E-state index in [4.69, 9.17) is 18.7 Å². The number of hydrogen-bond acceptors (Lipinski definition) is 6. The minimum atomic E-state index is -1.01. The molecule has 0 radical (unpaired) electrons. The minimum absolute atomic E-state index is 0.0360. The van der Waals surface area contributed by atoms with Gasteiger partial charge in [0.05, 0.1) is 23.5 Å². The van der Waals surface area contributed by atoms with Gasteiger partial charge in [-0.15, -0.1) is 0 Å². The lowest BCUT2D eigenvalue weighted by atomic mass is 9.92. The molecule has 3 aromatic rings. The van der Waals surface area contributed by atoms with Crippen LogP contribution in [0.2, 0.25) is 0 Å². The highest BCUT2D eigenvalue weighted by molar-refractivity contribution is 5.88. The molecule has 1 N–H and O–H groups in total. The molecular weight excluding hydrogens is 352 g/mol. The number of aromatic carboxylic acids is 1.